The topological polar surface area (TPSA) is 17.1 Å². The van der Waals surface area contributed by atoms with Crippen LogP contribution in [0.1, 0.15) is 13.3 Å². The van der Waals surface area contributed by atoms with Crippen molar-refractivity contribution in [1.82, 2.24) is 0 Å². The number of carbonyl (C=O) groups excluding carboxylic acids is 1. The molecule has 0 amide bonds. The summed E-state index contributed by atoms with van der Waals surface area (Å²) in [5, 5.41) is 0. The molecule has 0 radical (unpaired) electrons. The highest BCUT2D eigenvalue weighted by Gasteiger charge is 1.63. The Morgan fingerprint density at radius 3 is 2.88 bits per heavy atom. The lowest BCUT2D eigenvalue weighted by Gasteiger charge is -1.63. The Morgan fingerprint density at radius 1 is 1.62 bits per heavy atom. The van der Waals surface area contributed by atoms with Crippen molar-refractivity contribution in [1.29, 1.82) is 0 Å². The lowest BCUT2D eigenvalue weighted by atomic mass is 10.4. The van der Waals surface area contributed by atoms with E-state index in [9.17, 15) is 4.79 Å². The molecule has 1 nitrogen and oxygen atoms in total. The molecule has 0 aromatic rings. The first kappa shape index (κ1) is 6.97. The van der Waals surface area contributed by atoms with Crippen LogP contribution in [0.2, 0.25) is 0 Å². The highest BCUT2D eigenvalue weighted by Crippen LogP contribution is 1.67. The zero-order valence-electron chi connectivity index (χ0n) is 4.85. The van der Waals surface area contributed by atoms with Gasteiger partial charge in [0.05, 0.1) is 6.42 Å². The lowest BCUT2D eigenvalue weighted by molar-refractivity contribution is -0.107. The van der Waals surface area contributed by atoms with E-state index in [1.165, 1.54) is 0 Å². The average Bonchev–Trinajstić information content (AvgIpc) is 1.81. The first-order chi connectivity index (χ1) is 3.91. The third-order valence-corrected chi connectivity index (χ3v) is 0.537. The predicted molar refractivity (Wildman–Crippen MR) is 33.3 cm³/mol. The zero-order chi connectivity index (χ0) is 6.24. The second-order valence-electron chi connectivity index (χ2n) is 1.19. The number of aldehydes is 1. The van der Waals surface area contributed by atoms with Crippen molar-refractivity contribution < 1.29 is 4.79 Å². The molecule has 0 saturated carbocycles. The maximum atomic E-state index is 9.64. The monoisotopic (exact) mass is 108 g/mol. The molecule has 0 fully saturated rings. The van der Waals surface area contributed by atoms with Gasteiger partial charge in [0.1, 0.15) is 6.29 Å². The van der Waals surface area contributed by atoms with E-state index in [1.54, 1.807) is 6.08 Å². The van der Waals surface area contributed by atoms with Gasteiger partial charge in [-0.25, -0.2) is 0 Å². The van der Waals surface area contributed by atoms with Crippen molar-refractivity contribution >= 4 is 6.29 Å². The number of rotatable bonds is 1. The smallest absolute Gasteiger partial charge is 0.131 e. The van der Waals surface area contributed by atoms with E-state index in [0.717, 1.165) is 6.29 Å². The zero-order valence-corrected chi connectivity index (χ0v) is 4.85. The normalized spacial score (nSPS) is 8.12. The number of hydrogen-bond donors (Lipinski definition) is 0. The molecule has 0 aromatic carbocycles. The number of allylic oxidation sites excluding steroid dienone is 2. The Bertz CT molecular complexity index is 134. The van der Waals surface area contributed by atoms with Gasteiger partial charge in [-0.15, -0.1) is 0 Å². The van der Waals surface area contributed by atoms with Gasteiger partial charge in [-0.3, -0.25) is 0 Å². The molecule has 0 unspecified atom stereocenters. The summed E-state index contributed by atoms with van der Waals surface area (Å²) in [5.74, 6) is 5.31. The fraction of sp³-hybridized carbons (Fsp3) is 0.286. The van der Waals surface area contributed by atoms with Gasteiger partial charge >= 0.3 is 0 Å². The molecule has 0 spiro atoms. The summed E-state index contributed by atoms with van der Waals surface area (Å²) in [7, 11) is 0. The first-order valence-corrected chi connectivity index (χ1v) is 2.45. The first-order valence-electron chi connectivity index (χ1n) is 2.45. The minimum Gasteiger partial charge on any atom is -0.302 e. The van der Waals surface area contributed by atoms with Gasteiger partial charge in [0.25, 0.3) is 0 Å². The van der Waals surface area contributed by atoms with E-state index in [0.29, 0.717) is 6.42 Å². The van der Waals surface area contributed by atoms with Gasteiger partial charge in [-0.05, 0) is 13.0 Å². The fourth-order valence-corrected chi connectivity index (χ4v) is 0.243. The summed E-state index contributed by atoms with van der Waals surface area (Å²) >= 11 is 0. The van der Waals surface area contributed by atoms with E-state index in [-0.39, 0.29) is 0 Å². The Labute approximate surface area is 49.4 Å². The molecule has 0 aromatic heterocycles. The van der Waals surface area contributed by atoms with E-state index in [1.807, 2.05) is 13.0 Å². The quantitative estimate of drug-likeness (QED) is 0.364. The van der Waals surface area contributed by atoms with Crippen LogP contribution in [-0.2, 0) is 4.79 Å². The molecule has 0 bridgehead atoms. The van der Waals surface area contributed by atoms with Crippen LogP contribution in [0.3, 0.4) is 0 Å². The van der Waals surface area contributed by atoms with E-state index >= 15 is 0 Å². The van der Waals surface area contributed by atoms with Crippen molar-refractivity contribution in [3.8, 4) is 11.8 Å². The molecule has 0 aliphatic heterocycles. The molecule has 0 aliphatic carbocycles. The number of hydrogen-bond acceptors (Lipinski definition) is 1. The number of carbonyl (C=O) groups is 1. The Balaban J connectivity index is 3.34. The van der Waals surface area contributed by atoms with Crippen LogP contribution >= 0.6 is 0 Å². The van der Waals surface area contributed by atoms with Crippen LogP contribution in [0.5, 0.6) is 0 Å². The Hall–Kier alpha value is -1.03. The van der Waals surface area contributed by atoms with Gasteiger partial charge in [0.15, 0.2) is 0 Å². The second kappa shape index (κ2) is 5.97. The minimum absolute atomic E-state index is 0.338. The molecule has 42 valence electrons. The average molecular weight is 108 g/mol. The third kappa shape index (κ3) is 4.97. The van der Waals surface area contributed by atoms with Crippen LogP contribution in [0.15, 0.2) is 12.2 Å². The van der Waals surface area contributed by atoms with Gasteiger partial charge in [0, 0.05) is 0 Å². The molecule has 0 N–H and O–H groups in total. The molecule has 0 aliphatic rings. The highest BCUT2D eigenvalue weighted by molar-refractivity contribution is 5.54. The summed E-state index contributed by atoms with van der Waals surface area (Å²) in [6, 6.07) is 0. The van der Waals surface area contributed by atoms with Gasteiger partial charge in [-0.1, -0.05) is 17.9 Å². The van der Waals surface area contributed by atoms with Gasteiger partial charge < -0.3 is 4.79 Å². The third-order valence-electron chi connectivity index (χ3n) is 0.537. The minimum atomic E-state index is 0.338. The van der Waals surface area contributed by atoms with Crippen LogP contribution in [0.4, 0.5) is 0 Å². The molecule has 0 rings (SSSR count). The van der Waals surface area contributed by atoms with Crippen LogP contribution in [0.25, 0.3) is 0 Å². The summed E-state index contributed by atoms with van der Waals surface area (Å²) in [5.41, 5.74) is 0. The van der Waals surface area contributed by atoms with Gasteiger partial charge in [0.2, 0.25) is 0 Å². The summed E-state index contributed by atoms with van der Waals surface area (Å²) in [6.07, 6.45) is 4.67. The Kier molecular flexibility index (Phi) is 5.20. The SMILES string of the molecule is CC=CC#CCC=O. The van der Waals surface area contributed by atoms with E-state index in [4.69, 9.17) is 0 Å². The van der Waals surface area contributed by atoms with E-state index in [2.05, 4.69) is 11.8 Å². The van der Waals surface area contributed by atoms with Crippen molar-refractivity contribution in [2.75, 3.05) is 0 Å². The van der Waals surface area contributed by atoms with Gasteiger partial charge in [-0.2, -0.15) is 0 Å². The summed E-state index contributed by atoms with van der Waals surface area (Å²) in [4.78, 5) is 9.64. The fourth-order valence-electron chi connectivity index (χ4n) is 0.243. The molecule has 0 saturated heterocycles. The summed E-state index contributed by atoms with van der Waals surface area (Å²) < 4.78 is 0. The maximum Gasteiger partial charge on any atom is 0.131 e. The Morgan fingerprint density at radius 2 is 2.38 bits per heavy atom. The molecular formula is C7H8O. The summed E-state index contributed by atoms with van der Waals surface area (Å²) in [6.45, 7) is 1.88. The standard InChI is InChI=1S/C7H8O/c1-2-3-4-5-6-7-8/h2-3,7H,6H2,1H3. The largest absolute Gasteiger partial charge is 0.302 e. The van der Waals surface area contributed by atoms with Crippen LogP contribution in [-0.4, -0.2) is 6.29 Å². The molecule has 0 atom stereocenters. The van der Waals surface area contributed by atoms with Crippen molar-refractivity contribution in [2.45, 2.75) is 13.3 Å². The second-order valence-corrected chi connectivity index (χ2v) is 1.19. The van der Waals surface area contributed by atoms with Crippen molar-refractivity contribution in [3.63, 3.8) is 0 Å². The molecule has 0 heterocycles. The maximum absolute atomic E-state index is 9.64. The molecule has 1 heteroatoms. The lowest BCUT2D eigenvalue weighted by Crippen LogP contribution is -1.63. The van der Waals surface area contributed by atoms with E-state index < -0.39 is 0 Å². The van der Waals surface area contributed by atoms with Crippen molar-refractivity contribution in [2.24, 2.45) is 0 Å². The molecular weight excluding hydrogens is 100 g/mol. The molecule has 8 heavy (non-hydrogen) atoms. The van der Waals surface area contributed by atoms with Crippen LogP contribution in [0, 0.1) is 11.8 Å². The van der Waals surface area contributed by atoms with Crippen LogP contribution < -0.4 is 0 Å². The highest BCUT2D eigenvalue weighted by atomic mass is 16.1. The van der Waals surface area contributed by atoms with Crippen molar-refractivity contribution in [3.05, 3.63) is 12.2 Å². The predicted octanol–water partition coefficient (Wildman–Crippen LogP) is 1.15.